The molecule has 1 aromatic carbocycles. The van der Waals surface area contributed by atoms with Gasteiger partial charge in [-0.1, -0.05) is 19.9 Å². The normalized spacial score (nSPS) is 23.5. The maximum absolute atomic E-state index is 13.4. The summed E-state index contributed by atoms with van der Waals surface area (Å²) in [6.07, 6.45) is 2.20. The second kappa shape index (κ2) is 6.83. The van der Waals surface area contributed by atoms with E-state index in [2.05, 4.69) is 24.1 Å². The monoisotopic (exact) mass is 275 g/mol. The van der Waals surface area contributed by atoms with Gasteiger partial charge in [-0.25, -0.2) is 4.39 Å². The van der Waals surface area contributed by atoms with Gasteiger partial charge in [-0.2, -0.15) is 5.26 Å². The molecule has 0 bridgehead atoms. The largest absolute Gasteiger partial charge is 0.311 e. The van der Waals surface area contributed by atoms with E-state index in [1.807, 2.05) is 6.07 Å². The second-order valence-corrected chi connectivity index (χ2v) is 5.43. The molecule has 20 heavy (non-hydrogen) atoms. The Balaban J connectivity index is 2.12. The molecule has 0 saturated carbocycles. The molecular weight excluding hydrogens is 253 g/mol. The lowest BCUT2D eigenvalue weighted by Crippen LogP contribution is -2.55. The second-order valence-electron chi connectivity index (χ2n) is 5.43. The number of piperazine rings is 1. The minimum absolute atomic E-state index is 0.137. The van der Waals surface area contributed by atoms with Crippen molar-refractivity contribution in [2.45, 2.75) is 45.3 Å². The van der Waals surface area contributed by atoms with Gasteiger partial charge in [0, 0.05) is 31.7 Å². The third-order valence-corrected chi connectivity index (χ3v) is 4.11. The molecule has 0 aromatic heterocycles. The third-order valence-electron chi connectivity index (χ3n) is 4.11. The SMILES string of the molecule is CCC1CN(Cc2ccc(F)c(C#N)c2)C(CC)CN1. The first kappa shape index (κ1) is 15.0. The lowest BCUT2D eigenvalue weighted by atomic mass is 10.0. The molecule has 0 radical (unpaired) electrons. The molecule has 1 fully saturated rings. The van der Waals surface area contributed by atoms with E-state index in [1.165, 1.54) is 6.07 Å². The quantitative estimate of drug-likeness (QED) is 0.918. The summed E-state index contributed by atoms with van der Waals surface area (Å²) in [5, 5.41) is 12.5. The van der Waals surface area contributed by atoms with Crippen LogP contribution >= 0.6 is 0 Å². The van der Waals surface area contributed by atoms with E-state index in [0.29, 0.717) is 12.1 Å². The van der Waals surface area contributed by atoms with E-state index in [1.54, 1.807) is 12.1 Å². The number of hydrogen-bond acceptors (Lipinski definition) is 3. The molecule has 3 nitrogen and oxygen atoms in total. The van der Waals surface area contributed by atoms with Crippen LogP contribution in [0.15, 0.2) is 18.2 Å². The van der Waals surface area contributed by atoms with Gasteiger partial charge in [0.1, 0.15) is 11.9 Å². The summed E-state index contributed by atoms with van der Waals surface area (Å²) in [6, 6.07) is 7.79. The van der Waals surface area contributed by atoms with E-state index in [4.69, 9.17) is 5.26 Å². The van der Waals surface area contributed by atoms with Crippen LogP contribution < -0.4 is 5.32 Å². The van der Waals surface area contributed by atoms with Crippen molar-refractivity contribution in [1.82, 2.24) is 10.2 Å². The van der Waals surface area contributed by atoms with Crippen molar-refractivity contribution >= 4 is 0 Å². The predicted octanol–water partition coefficient (Wildman–Crippen LogP) is 2.66. The summed E-state index contributed by atoms with van der Waals surface area (Å²) in [5.74, 6) is -0.435. The topological polar surface area (TPSA) is 39.1 Å². The zero-order valence-corrected chi connectivity index (χ0v) is 12.2. The molecule has 1 aliphatic rings. The fraction of sp³-hybridized carbons (Fsp3) is 0.562. The average Bonchev–Trinajstić information content (AvgIpc) is 2.49. The highest BCUT2D eigenvalue weighted by molar-refractivity contribution is 5.34. The molecule has 2 unspecified atom stereocenters. The number of hydrogen-bond donors (Lipinski definition) is 1. The van der Waals surface area contributed by atoms with Gasteiger partial charge < -0.3 is 5.32 Å². The molecule has 2 atom stereocenters. The highest BCUT2D eigenvalue weighted by atomic mass is 19.1. The summed E-state index contributed by atoms with van der Waals surface area (Å²) in [7, 11) is 0. The molecule has 4 heteroatoms. The highest BCUT2D eigenvalue weighted by Gasteiger charge is 2.25. The van der Waals surface area contributed by atoms with Crippen molar-refractivity contribution in [2.24, 2.45) is 0 Å². The van der Waals surface area contributed by atoms with Gasteiger partial charge in [0.25, 0.3) is 0 Å². The van der Waals surface area contributed by atoms with Gasteiger partial charge in [0.05, 0.1) is 5.56 Å². The Hall–Kier alpha value is -1.44. The van der Waals surface area contributed by atoms with Crippen LogP contribution in [0.2, 0.25) is 0 Å². The Bertz CT molecular complexity index is 495. The molecule has 2 rings (SSSR count). The first-order valence-corrected chi connectivity index (χ1v) is 7.33. The van der Waals surface area contributed by atoms with E-state index < -0.39 is 5.82 Å². The van der Waals surface area contributed by atoms with Crippen molar-refractivity contribution in [3.05, 3.63) is 35.1 Å². The van der Waals surface area contributed by atoms with Gasteiger partial charge in [-0.3, -0.25) is 4.90 Å². The maximum atomic E-state index is 13.4. The first-order valence-electron chi connectivity index (χ1n) is 7.33. The average molecular weight is 275 g/mol. The molecule has 0 spiro atoms. The number of rotatable bonds is 4. The number of benzene rings is 1. The molecule has 1 saturated heterocycles. The molecule has 1 aliphatic heterocycles. The summed E-state index contributed by atoms with van der Waals surface area (Å²) in [4.78, 5) is 2.44. The van der Waals surface area contributed by atoms with Crippen molar-refractivity contribution in [2.75, 3.05) is 13.1 Å². The Morgan fingerprint density at radius 2 is 2.20 bits per heavy atom. The smallest absolute Gasteiger partial charge is 0.140 e. The summed E-state index contributed by atoms with van der Waals surface area (Å²) in [5.41, 5.74) is 1.15. The zero-order chi connectivity index (χ0) is 14.5. The van der Waals surface area contributed by atoms with Crippen molar-refractivity contribution < 1.29 is 4.39 Å². The van der Waals surface area contributed by atoms with Crippen molar-refractivity contribution in [3.8, 4) is 6.07 Å². The van der Waals surface area contributed by atoms with Crippen LogP contribution in [0.3, 0.4) is 0 Å². The highest BCUT2D eigenvalue weighted by Crippen LogP contribution is 2.17. The van der Waals surface area contributed by atoms with E-state index in [9.17, 15) is 4.39 Å². The summed E-state index contributed by atoms with van der Waals surface area (Å²) < 4.78 is 13.4. The maximum Gasteiger partial charge on any atom is 0.140 e. The van der Waals surface area contributed by atoms with Gasteiger partial charge >= 0.3 is 0 Å². The van der Waals surface area contributed by atoms with Crippen LogP contribution in [0.25, 0.3) is 0 Å². The van der Waals surface area contributed by atoms with Crippen molar-refractivity contribution in [3.63, 3.8) is 0 Å². The zero-order valence-electron chi connectivity index (χ0n) is 12.2. The number of nitrogens with one attached hydrogen (secondary N) is 1. The van der Waals surface area contributed by atoms with Crippen LogP contribution in [0, 0.1) is 17.1 Å². The lowest BCUT2D eigenvalue weighted by Gasteiger charge is -2.40. The molecule has 1 aromatic rings. The van der Waals surface area contributed by atoms with Gasteiger partial charge in [0.2, 0.25) is 0 Å². The minimum Gasteiger partial charge on any atom is -0.311 e. The van der Waals surface area contributed by atoms with E-state index in [-0.39, 0.29) is 5.56 Å². The number of halogens is 1. The Kier molecular flexibility index (Phi) is 5.11. The van der Waals surface area contributed by atoms with Gasteiger partial charge in [0.15, 0.2) is 0 Å². The van der Waals surface area contributed by atoms with Crippen LogP contribution in [-0.4, -0.2) is 30.1 Å². The van der Waals surface area contributed by atoms with E-state index in [0.717, 1.165) is 38.0 Å². The number of nitriles is 1. The fourth-order valence-electron chi connectivity index (χ4n) is 2.79. The third kappa shape index (κ3) is 3.36. The van der Waals surface area contributed by atoms with Crippen LogP contribution in [-0.2, 0) is 6.54 Å². The Labute approximate surface area is 120 Å². The van der Waals surface area contributed by atoms with Crippen LogP contribution in [0.1, 0.15) is 37.8 Å². The molecule has 108 valence electrons. The van der Waals surface area contributed by atoms with E-state index >= 15 is 0 Å². The summed E-state index contributed by atoms with van der Waals surface area (Å²) >= 11 is 0. The Morgan fingerprint density at radius 3 is 2.85 bits per heavy atom. The molecular formula is C16H22FN3. The van der Waals surface area contributed by atoms with Crippen LogP contribution in [0.5, 0.6) is 0 Å². The molecule has 1 heterocycles. The number of nitrogens with zero attached hydrogens (tertiary/aromatic N) is 2. The molecule has 0 amide bonds. The predicted molar refractivity (Wildman–Crippen MR) is 77.7 cm³/mol. The lowest BCUT2D eigenvalue weighted by molar-refractivity contribution is 0.117. The minimum atomic E-state index is -0.435. The fourth-order valence-corrected chi connectivity index (χ4v) is 2.79. The van der Waals surface area contributed by atoms with Gasteiger partial charge in [-0.05, 0) is 30.5 Å². The van der Waals surface area contributed by atoms with Crippen molar-refractivity contribution in [1.29, 1.82) is 5.26 Å². The van der Waals surface area contributed by atoms with Gasteiger partial charge in [-0.15, -0.1) is 0 Å². The summed E-state index contributed by atoms with van der Waals surface area (Å²) in [6.45, 7) is 7.17. The first-order chi connectivity index (χ1) is 9.67. The molecule has 0 aliphatic carbocycles. The molecule has 1 N–H and O–H groups in total. The Morgan fingerprint density at radius 1 is 1.40 bits per heavy atom. The standard InChI is InChI=1S/C16H22FN3/c1-3-14-11-20(15(4-2)9-19-14)10-12-5-6-16(17)13(7-12)8-18/h5-7,14-15,19H,3-4,9-11H2,1-2H3. The van der Waals surface area contributed by atoms with Crippen LogP contribution in [0.4, 0.5) is 4.39 Å².